The molecule has 0 bridgehead atoms. The molecule has 0 aliphatic carbocycles. The number of nitrogens with one attached hydrogen (secondary N) is 1. The van der Waals surface area contributed by atoms with Crippen molar-refractivity contribution in [3.63, 3.8) is 0 Å². The standard InChI is InChI=1S/C16H20FN3O3S/c17-12-1-3-13(4-2-12)18-15(22)20-8-6-19(7-9-20)14(21)16(23)5-10-24-11-16/h1-4,23H,5-11H2,(H,18,22). The van der Waals surface area contributed by atoms with Crippen molar-refractivity contribution in [2.24, 2.45) is 0 Å². The van der Waals surface area contributed by atoms with E-state index < -0.39 is 5.60 Å². The Hall–Kier alpha value is -1.80. The first-order chi connectivity index (χ1) is 11.5. The topological polar surface area (TPSA) is 72.9 Å². The van der Waals surface area contributed by atoms with Crippen LogP contribution >= 0.6 is 11.8 Å². The summed E-state index contributed by atoms with van der Waals surface area (Å²) in [4.78, 5) is 27.9. The Morgan fingerprint density at radius 3 is 2.33 bits per heavy atom. The molecule has 1 aromatic carbocycles. The Bertz CT molecular complexity index is 611. The third kappa shape index (κ3) is 3.64. The number of hydrogen-bond acceptors (Lipinski definition) is 4. The lowest BCUT2D eigenvalue weighted by Crippen LogP contribution is -2.57. The predicted octanol–water partition coefficient (Wildman–Crippen LogP) is 1.37. The summed E-state index contributed by atoms with van der Waals surface area (Å²) in [6.45, 7) is 1.62. The summed E-state index contributed by atoms with van der Waals surface area (Å²) in [5, 5.41) is 13.1. The van der Waals surface area contributed by atoms with Crippen LogP contribution in [0.15, 0.2) is 24.3 Å². The summed E-state index contributed by atoms with van der Waals surface area (Å²) < 4.78 is 12.9. The molecule has 0 saturated carbocycles. The van der Waals surface area contributed by atoms with E-state index in [-0.39, 0.29) is 17.8 Å². The third-order valence-corrected chi connectivity index (χ3v) is 5.52. The van der Waals surface area contributed by atoms with E-state index in [0.717, 1.165) is 5.75 Å². The van der Waals surface area contributed by atoms with Gasteiger partial charge in [0.25, 0.3) is 5.91 Å². The van der Waals surface area contributed by atoms with Crippen LogP contribution in [0.2, 0.25) is 0 Å². The number of piperazine rings is 1. The molecule has 6 nitrogen and oxygen atoms in total. The summed E-state index contributed by atoms with van der Waals surface area (Å²) in [7, 11) is 0. The van der Waals surface area contributed by atoms with Crippen molar-refractivity contribution in [3.05, 3.63) is 30.1 Å². The van der Waals surface area contributed by atoms with Gasteiger partial charge in [0.2, 0.25) is 0 Å². The first-order valence-corrected chi connectivity index (χ1v) is 9.04. The fourth-order valence-electron chi connectivity index (χ4n) is 2.87. The summed E-state index contributed by atoms with van der Waals surface area (Å²) >= 11 is 1.58. The minimum absolute atomic E-state index is 0.230. The molecule has 2 aliphatic heterocycles. The largest absolute Gasteiger partial charge is 0.379 e. The van der Waals surface area contributed by atoms with Crippen LogP contribution in [0.5, 0.6) is 0 Å². The van der Waals surface area contributed by atoms with Gasteiger partial charge in [0.15, 0.2) is 5.60 Å². The number of aliphatic hydroxyl groups is 1. The Kier molecular flexibility index (Phi) is 4.96. The Morgan fingerprint density at radius 2 is 1.75 bits per heavy atom. The number of urea groups is 1. The number of thioether (sulfide) groups is 1. The van der Waals surface area contributed by atoms with Gasteiger partial charge in [-0.1, -0.05) is 0 Å². The summed E-state index contributed by atoms with van der Waals surface area (Å²) in [5.41, 5.74) is -0.722. The van der Waals surface area contributed by atoms with Crippen molar-refractivity contribution in [2.75, 3.05) is 43.0 Å². The van der Waals surface area contributed by atoms with Gasteiger partial charge in [-0.05, 0) is 36.4 Å². The number of nitrogens with zero attached hydrogens (tertiary/aromatic N) is 2. The summed E-state index contributed by atoms with van der Waals surface area (Å²) in [6, 6.07) is 5.29. The molecule has 2 saturated heterocycles. The highest BCUT2D eigenvalue weighted by molar-refractivity contribution is 7.99. The average molecular weight is 353 g/mol. The number of amides is 3. The number of rotatable bonds is 2. The Balaban J connectivity index is 1.52. The molecule has 3 rings (SSSR count). The molecule has 0 radical (unpaired) electrons. The van der Waals surface area contributed by atoms with Gasteiger partial charge in [-0.15, -0.1) is 0 Å². The number of benzene rings is 1. The number of halogens is 1. The van der Waals surface area contributed by atoms with Gasteiger partial charge in [-0.2, -0.15) is 11.8 Å². The molecule has 2 fully saturated rings. The second kappa shape index (κ2) is 6.98. The van der Waals surface area contributed by atoms with Crippen molar-refractivity contribution in [1.82, 2.24) is 9.80 Å². The normalized spacial score (nSPS) is 24.1. The molecule has 2 heterocycles. The highest BCUT2D eigenvalue weighted by Crippen LogP contribution is 2.29. The maximum atomic E-state index is 12.9. The van der Waals surface area contributed by atoms with Crippen molar-refractivity contribution in [1.29, 1.82) is 0 Å². The quantitative estimate of drug-likeness (QED) is 0.842. The van der Waals surface area contributed by atoms with E-state index in [2.05, 4.69) is 5.32 Å². The highest BCUT2D eigenvalue weighted by atomic mass is 32.2. The molecular formula is C16H20FN3O3S. The smallest absolute Gasteiger partial charge is 0.321 e. The number of carbonyl (C=O) groups is 2. The zero-order valence-corrected chi connectivity index (χ0v) is 14.0. The molecule has 2 aliphatic rings. The molecule has 24 heavy (non-hydrogen) atoms. The van der Waals surface area contributed by atoms with Gasteiger partial charge in [-0.3, -0.25) is 4.79 Å². The van der Waals surface area contributed by atoms with Crippen LogP contribution in [0.4, 0.5) is 14.9 Å². The molecule has 3 amide bonds. The highest BCUT2D eigenvalue weighted by Gasteiger charge is 2.42. The van der Waals surface area contributed by atoms with E-state index in [9.17, 15) is 19.1 Å². The predicted molar refractivity (Wildman–Crippen MR) is 90.5 cm³/mol. The van der Waals surface area contributed by atoms with Crippen LogP contribution in [0.3, 0.4) is 0 Å². The lowest BCUT2D eigenvalue weighted by molar-refractivity contribution is -0.150. The molecule has 2 N–H and O–H groups in total. The monoisotopic (exact) mass is 353 g/mol. The first-order valence-electron chi connectivity index (χ1n) is 7.89. The zero-order chi connectivity index (χ0) is 17.2. The van der Waals surface area contributed by atoms with E-state index in [0.29, 0.717) is 44.0 Å². The van der Waals surface area contributed by atoms with Crippen molar-refractivity contribution < 1.29 is 19.1 Å². The van der Waals surface area contributed by atoms with E-state index in [1.165, 1.54) is 24.3 Å². The molecule has 130 valence electrons. The summed E-state index contributed by atoms with van der Waals surface area (Å²) in [6.07, 6.45) is 0.488. The van der Waals surface area contributed by atoms with Crippen molar-refractivity contribution in [3.8, 4) is 0 Å². The van der Waals surface area contributed by atoms with E-state index >= 15 is 0 Å². The van der Waals surface area contributed by atoms with Gasteiger partial charge in [0.1, 0.15) is 5.82 Å². The second-order valence-corrected chi connectivity index (χ2v) is 7.16. The van der Waals surface area contributed by atoms with Crippen LogP contribution in [-0.2, 0) is 4.79 Å². The lowest BCUT2D eigenvalue weighted by Gasteiger charge is -2.37. The van der Waals surface area contributed by atoms with Gasteiger partial charge >= 0.3 is 6.03 Å². The van der Waals surface area contributed by atoms with Crippen LogP contribution in [-0.4, -0.2) is 70.1 Å². The van der Waals surface area contributed by atoms with Gasteiger partial charge in [0.05, 0.1) is 0 Å². The van der Waals surface area contributed by atoms with Gasteiger partial charge in [0, 0.05) is 37.6 Å². The fraction of sp³-hybridized carbons (Fsp3) is 0.500. The zero-order valence-electron chi connectivity index (χ0n) is 13.2. The number of hydrogen-bond donors (Lipinski definition) is 2. The van der Waals surface area contributed by atoms with E-state index in [1.807, 2.05) is 0 Å². The molecule has 1 atom stereocenters. The Morgan fingerprint density at radius 1 is 1.12 bits per heavy atom. The molecule has 1 aromatic rings. The molecule has 0 spiro atoms. The molecule has 8 heteroatoms. The van der Waals surface area contributed by atoms with Crippen LogP contribution in [0.1, 0.15) is 6.42 Å². The number of anilines is 1. The van der Waals surface area contributed by atoms with E-state index in [1.54, 1.807) is 21.6 Å². The first kappa shape index (κ1) is 17.0. The lowest BCUT2D eigenvalue weighted by atomic mass is 10.0. The van der Waals surface area contributed by atoms with Gasteiger partial charge < -0.3 is 20.2 Å². The maximum absolute atomic E-state index is 12.9. The maximum Gasteiger partial charge on any atom is 0.321 e. The summed E-state index contributed by atoms with van der Waals surface area (Å²) in [5.74, 6) is 0.647. The van der Waals surface area contributed by atoms with Gasteiger partial charge in [-0.25, -0.2) is 9.18 Å². The van der Waals surface area contributed by atoms with Crippen molar-refractivity contribution in [2.45, 2.75) is 12.0 Å². The van der Waals surface area contributed by atoms with Crippen LogP contribution in [0, 0.1) is 5.82 Å². The number of carbonyl (C=O) groups excluding carboxylic acids is 2. The average Bonchev–Trinajstić information content (AvgIpc) is 3.04. The minimum Gasteiger partial charge on any atom is -0.379 e. The van der Waals surface area contributed by atoms with Crippen molar-refractivity contribution >= 4 is 29.4 Å². The van der Waals surface area contributed by atoms with E-state index in [4.69, 9.17) is 0 Å². The molecule has 1 unspecified atom stereocenters. The molecular weight excluding hydrogens is 333 g/mol. The molecule has 0 aromatic heterocycles. The SMILES string of the molecule is O=C(Nc1ccc(F)cc1)N1CCN(C(=O)C2(O)CCSC2)CC1. The van der Waals surface area contributed by atoms with Crippen LogP contribution < -0.4 is 5.32 Å². The second-order valence-electron chi connectivity index (χ2n) is 6.05. The van der Waals surface area contributed by atoms with Crippen LogP contribution in [0.25, 0.3) is 0 Å². The Labute approximate surface area is 144 Å². The third-order valence-electron chi connectivity index (χ3n) is 4.35. The fourth-order valence-corrected chi connectivity index (χ4v) is 4.10. The minimum atomic E-state index is -1.25.